The topological polar surface area (TPSA) is 81.9 Å². The predicted molar refractivity (Wildman–Crippen MR) is 106 cm³/mol. The highest BCUT2D eigenvalue weighted by molar-refractivity contribution is 5.74. The molecule has 2 N–H and O–H groups in total. The third-order valence-corrected chi connectivity index (χ3v) is 5.49. The second kappa shape index (κ2) is 8.51. The summed E-state index contributed by atoms with van der Waals surface area (Å²) >= 11 is 0. The summed E-state index contributed by atoms with van der Waals surface area (Å²) in [6, 6.07) is 13.1. The molecule has 2 aromatic rings. The molecule has 0 aliphatic carbocycles. The van der Waals surface area contributed by atoms with Gasteiger partial charge in [-0.15, -0.1) is 0 Å². The lowest BCUT2D eigenvalue weighted by Crippen LogP contribution is -2.49. The minimum atomic E-state index is -1.00. The van der Waals surface area contributed by atoms with E-state index in [0.29, 0.717) is 18.5 Å². The maximum absolute atomic E-state index is 13.4. The molecule has 0 radical (unpaired) electrons. The quantitative estimate of drug-likeness (QED) is 0.764. The summed E-state index contributed by atoms with van der Waals surface area (Å²) in [5, 5.41) is 0. The van der Waals surface area contributed by atoms with E-state index in [1.165, 1.54) is 12.1 Å². The number of benzene rings is 2. The lowest BCUT2D eigenvalue weighted by molar-refractivity contribution is -0.121. The zero-order valence-corrected chi connectivity index (χ0v) is 16.6. The molecule has 1 unspecified atom stereocenters. The van der Waals surface area contributed by atoms with Gasteiger partial charge in [0, 0.05) is 25.8 Å². The summed E-state index contributed by atoms with van der Waals surface area (Å²) in [5.74, 6) is -0.115. The van der Waals surface area contributed by atoms with Gasteiger partial charge >= 0.3 is 6.09 Å². The Morgan fingerprint density at radius 1 is 1.24 bits per heavy atom. The van der Waals surface area contributed by atoms with Crippen molar-refractivity contribution in [2.45, 2.75) is 37.8 Å². The minimum absolute atomic E-state index is 0.0681. The van der Waals surface area contributed by atoms with Crippen molar-refractivity contribution in [1.82, 2.24) is 4.90 Å². The molecule has 2 aromatic carbocycles. The van der Waals surface area contributed by atoms with Crippen LogP contribution in [0.15, 0.2) is 48.5 Å². The van der Waals surface area contributed by atoms with Crippen LogP contribution in [-0.4, -0.2) is 30.6 Å². The van der Waals surface area contributed by atoms with Crippen LogP contribution in [0.5, 0.6) is 5.75 Å². The first-order valence-electron chi connectivity index (χ1n) is 9.52. The third-order valence-electron chi connectivity index (χ3n) is 5.49. The second-order valence-electron chi connectivity index (χ2n) is 7.23. The smallest absolute Gasteiger partial charge is 0.411 e. The molecule has 1 fully saturated rings. The Morgan fingerprint density at radius 2 is 1.90 bits per heavy atom. The fraction of sp³-hybridized carbons (Fsp3) is 0.364. The van der Waals surface area contributed by atoms with E-state index >= 15 is 0 Å². The lowest BCUT2D eigenvalue weighted by atomic mass is 9.84. The molecule has 1 aliphatic heterocycles. The van der Waals surface area contributed by atoms with E-state index in [0.717, 1.165) is 11.3 Å². The van der Waals surface area contributed by atoms with Gasteiger partial charge in [0.15, 0.2) is 0 Å². The molecule has 154 valence electrons. The number of amides is 2. The number of primary amides is 1. The number of rotatable bonds is 7. The Balaban J connectivity index is 1.82. The number of methoxy groups -OCH3 is 1. The van der Waals surface area contributed by atoms with Gasteiger partial charge in [0.1, 0.15) is 17.2 Å². The van der Waals surface area contributed by atoms with Gasteiger partial charge in [-0.1, -0.05) is 24.3 Å². The van der Waals surface area contributed by atoms with E-state index in [2.05, 4.69) is 0 Å². The van der Waals surface area contributed by atoms with Crippen molar-refractivity contribution in [3.05, 3.63) is 65.5 Å². The lowest BCUT2D eigenvalue weighted by Gasteiger charge is -2.43. The van der Waals surface area contributed by atoms with Gasteiger partial charge in [-0.25, -0.2) is 9.18 Å². The van der Waals surface area contributed by atoms with Crippen LogP contribution in [-0.2, 0) is 15.1 Å². The Labute approximate surface area is 169 Å². The monoisotopic (exact) mass is 400 g/mol. The number of nitrogens with zero attached hydrogens (tertiary/aromatic N) is 1. The molecular formula is C22H25FN2O4. The van der Waals surface area contributed by atoms with E-state index in [1.54, 1.807) is 24.1 Å². The second-order valence-corrected chi connectivity index (χ2v) is 7.23. The van der Waals surface area contributed by atoms with Crippen molar-refractivity contribution in [3.63, 3.8) is 0 Å². The Morgan fingerprint density at radius 3 is 2.45 bits per heavy atom. The largest absolute Gasteiger partial charge is 0.497 e. The molecule has 3 rings (SSSR count). The SMILES string of the molecule is COc1ccc([C@H](C)N2CCC(CCC(N)=O)(c3ccc(F)cc3)OC2=O)cc1. The van der Waals surface area contributed by atoms with Crippen LogP contribution in [0.1, 0.15) is 43.4 Å². The van der Waals surface area contributed by atoms with Crippen molar-refractivity contribution in [3.8, 4) is 5.75 Å². The molecule has 2 atom stereocenters. The van der Waals surface area contributed by atoms with E-state index in [-0.39, 0.29) is 24.7 Å². The molecule has 1 heterocycles. The van der Waals surface area contributed by atoms with Gasteiger partial charge < -0.3 is 20.1 Å². The zero-order valence-electron chi connectivity index (χ0n) is 16.6. The number of hydrogen-bond donors (Lipinski definition) is 1. The zero-order chi connectivity index (χ0) is 21.0. The summed E-state index contributed by atoms with van der Waals surface area (Å²) in [6.45, 7) is 2.36. The van der Waals surface area contributed by atoms with Gasteiger partial charge in [-0.2, -0.15) is 0 Å². The third kappa shape index (κ3) is 4.50. The highest BCUT2D eigenvalue weighted by Gasteiger charge is 2.43. The highest BCUT2D eigenvalue weighted by atomic mass is 19.1. The number of carbonyl (C=O) groups excluding carboxylic acids is 2. The number of ether oxygens (including phenoxy) is 2. The predicted octanol–water partition coefficient (Wildman–Crippen LogP) is 3.90. The molecule has 0 saturated carbocycles. The molecule has 29 heavy (non-hydrogen) atoms. The van der Waals surface area contributed by atoms with Crippen molar-refractivity contribution >= 4 is 12.0 Å². The molecule has 1 saturated heterocycles. The number of nitrogens with two attached hydrogens (primary N) is 1. The number of hydrogen-bond acceptors (Lipinski definition) is 4. The van der Waals surface area contributed by atoms with Crippen LogP contribution in [0.3, 0.4) is 0 Å². The summed E-state index contributed by atoms with van der Waals surface area (Å²) in [4.78, 5) is 25.9. The maximum Gasteiger partial charge on any atom is 0.411 e. The van der Waals surface area contributed by atoms with Gasteiger partial charge in [0.2, 0.25) is 5.91 Å². The number of halogens is 1. The maximum atomic E-state index is 13.4. The van der Waals surface area contributed by atoms with Crippen LogP contribution in [0.25, 0.3) is 0 Å². The van der Waals surface area contributed by atoms with Crippen LogP contribution >= 0.6 is 0 Å². The summed E-state index contributed by atoms with van der Waals surface area (Å²) in [6.07, 6.45) is 0.315. The first-order chi connectivity index (χ1) is 13.8. The number of carbonyl (C=O) groups is 2. The van der Waals surface area contributed by atoms with Crippen LogP contribution in [0, 0.1) is 5.82 Å². The van der Waals surface area contributed by atoms with E-state index in [9.17, 15) is 14.0 Å². The number of cyclic esters (lactones) is 1. The first-order valence-corrected chi connectivity index (χ1v) is 9.52. The van der Waals surface area contributed by atoms with E-state index in [1.807, 2.05) is 31.2 Å². The molecule has 1 aliphatic rings. The van der Waals surface area contributed by atoms with Crippen LogP contribution in [0.4, 0.5) is 9.18 Å². The van der Waals surface area contributed by atoms with Gasteiger partial charge in [-0.05, 0) is 42.3 Å². The molecular weight excluding hydrogens is 375 g/mol. The summed E-state index contributed by atoms with van der Waals surface area (Å²) < 4.78 is 24.4. The van der Waals surface area contributed by atoms with Crippen LogP contribution in [0.2, 0.25) is 0 Å². The fourth-order valence-corrected chi connectivity index (χ4v) is 3.69. The van der Waals surface area contributed by atoms with E-state index < -0.39 is 17.6 Å². The summed E-state index contributed by atoms with van der Waals surface area (Å²) in [7, 11) is 1.60. The van der Waals surface area contributed by atoms with Crippen molar-refractivity contribution in [2.75, 3.05) is 13.7 Å². The van der Waals surface area contributed by atoms with Crippen molar-refractivity contribution < 1.29 is 23.5 Å². The molecule has 0 spiro atoms. The average molecular weight is 400 g/mol. The van der Waals surface area contributed by atoms with Crippen molar-refractivity contribution in [1.29, 1.82) is 0 Å². The Bertz CT molecular complexity index is 869. The van der Waals surface area contributed by atoms with Gasteiger partial charge in [0.05, 0.1) is 13.2 Å². The minimum Gasteiger partial charge on any atom is -0.497 e. The molecule has 7 heteroatoms. The first kappa shape index (κ1) is 20.6. The normalized spacial score (nSPS) is 20.1. The van der Waals surface area contributed by atoms with E-state index in [4.69, 9.17) is 15.2 Å². The molecule has 0 aromatic heterocycles. The Kier molecular flexibility index (Phi) is 6.06. The average Bonchev–Trinajstić information content (AvgIpc) is 2.72. The molecule has 0 bridgehead atoms. The fourth-order valence-electron chi connectivity index (χ4n) is 3.69. The highest BCUT2D eigenvalue weighted by Crippen LogP contribution is 2.40. The summed E-state index contributed by atoms with van der Waals surface area (Å²) in [5.41, 5.74) is 5.93. The Hall–Kier alpha value is -3.09. The standard InChI is InChI=1S/C22H25FN2O4/c1-15(16-3-9-19(28-2)10-4-16)25-14-13-22(29-21(25)27,12-11-20(24)26)17-5-7-18(23)8-6-17/h3-10,15H,11-14H2,1-2H3,(H2,24,26)/t15-,22?/m0/s1. The van der Waals surface area contributed by atoms with Crippen LogP contribution < -0.4 is 10.5 Å². The van der Waals surface area contributed by atoms with Gasteiger partial charge in [0.25, 0.3) is 0 Å². The molecule has 6 nitrogen and oxygen atoms in total. The van der Waals surface area contributed by atoms with Gasteiger partial charge in [-0.3, -0.25) is 4.79 Å². The molecule has 2 amide bonds. The van der Waals surface area contributed by atoms with Crippen molar-refractivity contribution in [2.24, 2.45) is 5.73 Å².